The summed E-state index contributed by atoms with van der Waals surface area (Å²) in [5.41, 5.74) is 0. The number of rotatable bonds is 2. The molecule has 1 saturated heterocycles. The molecule has 0 aliphatic carbocycles. The number of carbonyl (C=O) groups excluding carboxylic acids is 2. The van der Waals surface area contributed by atoms with Crippen LogP contribution in [-0.4, -0.2) is 37.6 Å². The van der Waals surface area contributed by atoms with Crippen molar-refractivity contribution in [1.82, 2.24) is 9.62 Å². The molecular formula is C11H11ClN2O4S. The van der Waals surface area contributed by atoms with E-state index in [1.165, 1.54) is 24.3 Å². The second-order valence-corrected chi connectivity index (χ2v) is 6.25. The number of amides is 2. The second kappa shape index (κ2) is 5.18. The van der Waals surface area contributed by atoms with Crippen LogP contribution in [0.25, 0.3) is 0 Å². The fourth-order valence-electron chi connectivity index (χ4n) is 1.67. The Morgan fingerprint density at radius 3 is 2.42 bits per heavy atom. The van der Waals surface area contributed by atoms with Gasteiger partial charge in [-0.3, -0.25) is 9.59 Å². The van der Waals surface area contributed by atoms with Gasteiger partial charge in [-0.15, -0.1) is 0 Å². The molecule has 1 aromatic carbocycles. The van der Waals surface area contributed by atoms with Crippen LogP contribution in [0.2, 0.25) is 5.02 Å². The number of carbonyl (C=O) groups is 2. The topological polar surface area (TPSA) is 83.6 Å². The molecule has 1 N–H and O–H groups in total. The summed E-state index contributed by atoms with van der Waals surface area (Å²) in [5.74, 6) is -0.997. The summed E-state index contributed by atoms with van der Waals surface area (Å²) >= 11 is 5.69. The first-order valence-corrected chi connectivity index (χ1v) is 7.31. The van der Waals surface area contributed by atoms with Crippen molar-refractivity contribution in [1.29, 1.82) is 0 Å². The summed E-state index contributed by atoms with van der Waals surface area (Å²) in [4.78, 5) is 22.9. The van der Waals surface area contributed by atoms with Gasteiger partial charge in [0.1, 0.15) is 0 Å². The lowest BCUT2D eigenvalue weighted by atomic mass is 10.4. The molecule has 0 unspecified atom stereocenters. The van der Waals surface area contributed by atoms with Crippen LogP contribution in [-0.2, 0) is 19.6 Å². The first kappa shape index (κ1) is 13.8. The molecular weight excluding hydrogens is 292 g/mol. The van der Waals surface area contributed by atoms with E-state index in [-0.39, 0.29) is 30.3 Å². The highest BCUT2D eigenvalue weighted by atomic mass is 35.5. The van der Waals surface area contributed by atoms with Crippen LogP contribution >= 0.6 is 11.6 Å². The van der Waals surface area contributed by atoms with Crippen molar-refractivity contribution in [2.75, 3.05) is 13.1 Å². The normalized spacial score (nSPS) is 17.0. The van der Waals surface area contributed by atoms with Crippen molar-refractivity contribution < 1.29 is 18.0 Å². The molecule has 2 amide bonds. The molecule has 0 atom stereocenters. The van der Waals surface area contributed by atoms with Gasteiger partial charge < -0.3 is 5.32 Å². The summed E-state index contributed by atoms with van der Waals surface area (Å²) in [6, 6.07) is 5.51. The van der Waals surface area contributed by atoms with Crippen LogP contribution in [0, 0.1) is 0 Å². The minimum atomic E-state index is -3.94. The Morgan fingerprint density at radius 1 is 1.16 bits per heavy atom. The molecule has 0 saturated carbocycles. The van der Waals surface area contributed by atoms with E-state index in [2.05, 4.69) is 5.32 Å². The van der Waals surface area contributed by atoms with Gasteiger partial charge in [-0.05, 0) is 24.3 Å². The lowest BCUT2D eigenvalue weighted by molar-refractivity contribution is -0.126. The molecule has 0 aromatic heterocycles. The van der Waals surface area contributed by atoms with E-state index < -0.39 is 15.9 Å². The highest BCUT2D eigenvalue weighted by Gasteiger charge is 2.31. The summed E-state index contributed by atoms with van der Waals surface area (Å²) in [5, 5.41) is 2.74. The molecule has 1 fully saturated rings. The largest absolute Gasteiger partial charge is 0.347 e. The third-order valence-electron chi connectivity index (χ3n) is 2.66. The number of nitrogens with one attached hydrogen (secondary N) is 1. The number of sulfonamides is 1. The number of hydrogen-bond donors (Lipinski definition) is 1. The molecule has 1 aliphatic rings. The molecule has 1 aliphatic heterocycles. The maximum atomic E-state index is 12.3. The average Bonchev–Trinajstić information content (AvgIpc) is 2.52. The van der Waals surface area contributed by atoms with Crippen molar-refractivity contribution in [2.45, 2.75) is 11.3 Å². The SMILES string of the molecule is O=C1CCN(S(=O)(=O)c2ccc(Cl)cc2)C(=O)CN1. The lowest BCUT2D eigenvalue weighted by Crippen LogP contribution is -2.39. The van der Waals surface area contributed by atoms with Gasteiger partial charge in [-0.2, -0.15) is 0 Å². The third-order valence-corrected chi connectivity index (χ3v) is 4.74. The third kappa shape index (κ3) is 2.87. The minimum Gasteiger partial charge on any atom is -0.347 e. The van der Waals surface area contributed by atoms with Crippen LogP contribution < -0.4 is 5.32 Å². The van der Waals surface area contributed by atoms with Gasteiger partial charge in [-0.25, -0.2) is 12.7 Å². The lowest BCUT2D eigenvalue weighted by Gasteiger charge is -2.19. The Morgan fingerprint density at radius 2 is 1.79 bits per heavy atom. The zero-order chi connectivity index (χ0) is 14.0. The molecule has 0 radical (unpaired) electrons. The number of hydrogen-bond acceptors (Lipinski definition) is 4. The van der Waals surface area contributed by atoms with Gasteiger partial charge in [0.2, 0.25) is 5.91 Å². The van der Waals surface area contributed by atoms with E-state index in [1.807, 2.05) is 0 Å². The van der Waals surface area contributed by atoms with Crippen molar-refractivity contribution in [3.63, 3.8) is 0 Å². The summed E-state index contributed by atoms with van der Waals surface area (Å²) < 4.78 is 25.3. The average molecular weight is 303 g/mol. The van der Waals surface area contributed by atoms with Gasteiger partial charge in [-0.1, -0.05) is 11.6 Å². The second-order valence-electron chi connectivity index (χ2n) is 3.95. The Balaban J connectivity index is 2.35. The van der Waals surface area contributed by atoms with Gasteiger partial charge in [0.15, 0.2) is 0 Å². The Kier molecular flexibility index (Phi) is 3.77. The van der Waals surface area contributed by atoms with Gasteiger partial charge >= 0.3 is 0 Å². The van der Waals surface area contributed by atoms with Crippen LogP contribution in [0.3, 0.4) is 0 Å². The summed E-state index contributed by atoms with van der Waals surface area (Å²) in [6.45, 7) is -0.471. The fraction of sp³-hybridized carbons (Fsp3) is 0.273. The van der Waals surface area contributed by atoms with Crippen LogP contribution in [0.15, 0.2) is 29.2 Å². The van der Waals surface area contributed by atoms with Crippen molar-refractivity contribution in [2.24, 2.45) is 0 Å². The van der Waals surface area contributed by atoms with Crippen molar-refractivity contribution >= 4 is 33.4 Å². The predicted octanol–water partition coefficient (Wildman–Crippen LogP) is 0.377. The van der Waals surface area contributed by atoms with Crippen LogP contribution in [0.4, 0.5) is 0 Å². The van der Waals surface area contributed by atoms with Crippen molar-refractivity contribution in [3.8, 4) is 0 Å². The molecule has 0 spiro atoms. The van der Waals surface area contributed by atoms with Crippen LogP contribution in [0.1, 0.15) is 6.42 Å². The van der Waals surface area contributed by atoms with E-state index in [1.54, 1.807) is 0 Å². The number of nitrogens with zero attached hydrogens (tertiary/aromatic N) is 1. The molecule has 6 nitrogen and oxygen atoms in total. The molecule has 19 heavy (non-hydrogen) atoms. The smallest absolute Gasteiger partial charge is 0.266 e. The predicted molar refractivity (Wildman–Crippen MR) is 68.0 cm³/mol. The molecule has 102 valence electrons. The first-order valence-electron chi connectivity index (χ1n) is 5.49. The molecule has 8 heteroatoms. The van der Waals surface area contributed by atoms with Gasteiger partial charge in [0, 0.05) is 18.0 Å². The highest BCUT2D eigenvalue weighted by molar-refractivity contribution is 7.89. The van der Waals surface area contributed by atoms with Crippen LogP contribution in [0.5, 0.6) is 0 Å². The maximum Gasteiger partial charge on any atom is 0.266 e. The number of halogens is 1. The van der Waals surface area contributed by atoms with E-state index in [9.17, 15) is 18.0 Å². The Bertz CT molecular complexity index is 612. The van der Waals surface area contributed by atoms with Crippen molar-refractivity contribution in [3.05, 3.63) is 29.3 Å². The van der Waals surface area contributed by atoms with E-state index in [0.29, 0.717) is 9.33 Å². The molecule has 1 aromatic rings. The Labute approximate surface area is 115 Å². The molecule has 0 bridgehead atoms. The monoisotopic (exact) mass is 302 g/mol. The van der Waals surface area contributed by atoms with Gasteiger partial charge in [0.05, 0.1) is 11.4 Å². The molecule has 1 heterocycles. The number of benzene rings is 1. The van der Waals surface area contributed by atoms with E-state index in [4.69, 9.17) is 11.6 Å². The van der Waals surface area contributed by atoms with Gasteiger partial charge in [0.25, 0.3) is 15.9 Å². The Hall–Kier alpha value is -1.60. The standard InChI is InChI=1S/C11H11ClN2O4S/c12-8-1-3-9(4-2-8)19(17,18)14-6-5-10(15)13-7-11(14)16/h1-4H,5-7H2,(H,13,15). The molecule has 2 rings (SSSR count). The zero-order valence-electron chi connectivity index (χ0n) is 9.80. The van der Waals surface area contributed by atoms with E-state index in [0.717, 1.165) is 0 Å². The minimum absolute atomic E-state index is 0.0281. The summed E-state index contributed by atoms with van der Waals surface area (Å²) in [6.07, 6.45) is -0.0431. The van der Waals surface area contributed by atoms with E-state index >= 15 is 0 Å². The highest BCUT2D eigenvalue weighted by Crippen LogP contribution is 2.19. The fourth-order valence-corrected chi connectivity index (χ4v) is 3.19. The maximum absolute atomic E-state index is 12.3. The summed E-state index contributed by atoms with van der Waals surface area (Å²) in [7, 11) is -3.94. The zero-order valence-corrected chi connectivity index (χ0v) is 11.4. The first-order chi connectivity index (χ1) is 8.91. The quantitative estimate of drug-likeness (QED) is 0.856.